The fourth-order valence-corrected chi connectivity index (χ4v) is 12.5. The molecule has 242 valence electrons. The number of hydrogen-bond donors (Lipinski definition) is 0. The van der Waals surface area contributed by atoms with Crippen LogP contribution in [0.4, 0.5) is 0 Å². The molecular formula is C44H62Si. The van der Waals surface area contributed by atoms with Crippen molar-refractivity contribution in [3.05, 3.63) is 112 Å². The maximum Gasteiger partial charge on any atom is 0.158 e. The first-order chi connectivity index (χ1) is 21.2. The van der Waals surface area contributed by atoms with Crippen LogP contribution in [0.15, 0.2) is 78.4 Å². The van der Waals surface area contributed by atoms with Crippen LogP contribution in [-0.4, -0.2) is 8.07 Å². The highest BCUT2D eigenvalue weighted by atomic mass is 28.3. The summed E-state index contributed by atoms with van der Waals surface area (Å²) in [4.78, 5) is 0. The van der Waals surface area contributed by atoms with Crippen LogP contribution in [0.1, 0.15) is 172 Å². The third-order valence-electron chi connectivity index (χ3n) is 10.2. The molecule has 0 heterocycles. The van der Waals surface area contributed by atoms with Gasteiger partial charge in [-0.25, -0.2) is 0 Å². The summed E-state index contributed by atoms with van der Waals surface area (Å²) in [5.41, 5.74) is 10.7. The summed E-state index contributed by atoms with van der Waals surface area (Å²) in [7, 11) is -2.69. The summed E-state index contributed by atoms with van der Waals surface area (Å²) in [5, 5.41) is 4.73. The molecule has 1 heteroatoms. The van der Waals surface area contributed by atoms with E-state index in [2.05, 4.69) is 163 Å². The first-order valence-corrected chi connectivity index (χ1v) is 20.1. The van der Waals surface area contributed by atoms with Crippen LogP contribution in [0.5, 0.6) is 0 Å². The highest BCUT2D eigenvalue weighted by Gasteiger charge is 2.47. The van der Waals surface area contributed by atoms with Gasteiger partial charge in [0.1, 0.15) is 0 Å². The van der Waals surface area contributed by atoms with Gasteiger partial charge in [0.25, 0.3) is 0 Å². The zero-order valence-electron chi connectivity index (χ0n) is 30.9. The predicted molar refractivity (Wildman–Crippen MR) is 204 cm³/mol. The lowest BCUT2D eigenvalue weighted by Crippen LogP contribution is -2.69. The summed E-state index contributed by atoms with van der Waals surface area (Å²) < 4.78 is 0. The van der Waals surface area contributed by atoms with E-state index in [0.717, 1.165) is 6.42 Å². The Morgan fingerprint density at radius 2 is 0.756 bits per heavy atom. The Hall–Kier alpha value is -2.64. The van der Waals surface area contributed by atoms with Gasteiger partial charge in [-0.15, -0.1) is 0 Å². The molecule has 3 aromatic carbocycles. The minimum absolute atomic E-state index is 0.353. The van der Waals surface area contributed by atoms with E-state index < -0.39 is 8.07 Å². The highest BCUT2D eigenvalue weighted by Crippen LogP contribution is 2.37. The lowest BCUT2D eigenvalue weighted by molar-refractivity contribution is 0.834. The summed E-state index contributed by atoms with van der Waals surface area (Å²) in [6.07, 6.45) is 10.1. The quantitative estimate of drug-likeness (QED) is 0.140. The van der Waals surface area contributed by atoms with Crippen LogP contribution in [0, 0.1) is 0 Å². The van der Waals surface area contributed by atoms with Gasteiger partial charge in [-0.2, -0.15) is 0 Å². The second-order valence-corrected chi connectivity index (χ2v) is 19.8. The normalized spacial score (nSPS) is 15.5. The molecule has 0 saturated heterocycles. The van der Waals surface area contributed by atoms with Gasteiger partial charge in [0.2, 0.25) is 0 Å². The van der Waals surface area contributed by atoms with E-state index in [1.807, 2.05) is 0 Å². The maximum atomic E-state index is 2.68. The molecule has 0 radical (unpaired) electrons. The molecular weight excluding hydrogens is 557 g/mol. The van der Waals surface area contributed by atoms with Gasteiger partial charge in [0.05, 0.1) is 0 Å². The third kappa shape index (κ3) is 7.35. The largest absolute Gasteiger partial charge is 0.158 e. The van der Waals surface area contributed by atoms with Crippen molar-refractivity contribution in [1.29, 1.82) is 0 Å². The minimum Gasteiger partial charge on any atom is -0.0790 e. The molecule has 0 aliphatic heterocycles. The lowest BCUT2D eigenvalue weighted by atomic mass is 9.95. The average molecular weight is 619 g/mol. The van der Waals surface area contributed by atoms with Crippen molar-refractivity contribution in [2.75, 3.05) is 0 Å². The van der Waals surface area contributed by atoms with Crippen LogP contribution in [0.3, 0.4) is 0 Å². The Labute approximate surface area is 278 Å². The SMILES string of the molecule is CCCC1=CC([Si](c2cc(C(C)C)cc(C(C)C)c2)(c2cc(C(C)C)cc(C(C)C)c2)c2cc(C(C)C)cc(C(C)C)c2)C=C1. The van der Waals surface area contributed by atoms with E-state index in [9.17, 15) is 0 Å². The Bertz CT molecular complexity index is 1290. The smallest absolute Gasteiger partial charge is 0.0790 e. The first-order valence-electron chi connectivity index (χ1n) is 18.0. The Kier molecular flexibility index (Phi) is 11.3. The van der Waals surface area contributed by atoms with Gasteiger partial charge >= 0.3 is 0 Å². The lowest BCUT2D eigenvalue weighted by Gasteiger charge is -2.40. The van der Waals surface area contributed by atoms with E-state index in [4.69, 9.17) is 0 Å². The zero-order chi connectivity index (χ0) is 33.2. The number of benzene rings is 3. The highest BCUT2D eigenvalue weighted by molar-refractivity contribution is 7.13. The van der Waals surface area contributed by atoms with Gasteiger partial charge in [-0.05, 0) is 90.9 Å². The molecule has 0 N–H and O–H groups in total. The standard InChI is InChI=1S/C44H62Si/c1-14-15-34-16-17-41(18-34)45(42-22-35(28(2)3)19-36(23-42)29(4)5,43-24-37(30(6)7)20-38(25-43)31(8)9)44-26-39(32(10)11)21-40(27-44)33(12)13/h16-33,41H,14-15H2,1-13H3. The number of rotatable bonds is 12. The first kappa shape index (κ1) is 35.2. The summed E-state index contributed by atoms with van der Waals surface area (Å²) in [6, 6.07) is 23.3. The molecule has 0 amide bonds. The van der Waals surface area contributed by atoms with Gasteiger partial charge in [0, 0.05) is 5.54 Å². The maximum absolute atomic E-state index is 2.69. The topological polar surface area (TPSA) is 0 Å². The Morgan fingerprint density at radius 1 is 0.467 bits per heavy atom. The molecule has 1 atom stereocenters. The molecule has 0 aromatic heterocycles. The van der Waals surface area contributed by atoms with E-state index in [0.29, 0.717) is 41.0 Å². The average Bonchev–Trinajstić information content (AvgIpc) is 3.45. The zero-order valence-corrected chi connectivity index (χ0v) is 31.9. The molecule has 3 aromatic rings. The third-order valence-corrected chi connectivity index (χ3v) is 15.2. The van der Waals surface area contributed by atoms with Gasteiger partial charge in [0.15, 0.2) is 8.07 Å². The minimum atomic E-state index is -2.69. The fraction of sp³-hybridized carbons (Fsp3) is 0.500. The van der Waals surface area contributed by atoms with E-state index in [1.165, 1.54) is 45.4 Å². The molecule has 0 saturated carbocycles. The summed E-state index contributed by atoms with van der Waals surface area (Å²) in [6.45, 7) is 30.7. The van der Waals surface area contributed by atoms with E-state index >= 15 is 0 Å². The second-order valence-electron chi connectivity index (χ2n) is 15.8. The summed E-state index contributed by atoms with van der Waals surface area (Å²) >= 11 is 0. The van der Waals surface area contributed by atoms with Crippen molar-refractivity contribution in [2.45, 2.75) is 144 Å². The van der Waals surface area contributed by atoms with Crippen molar-refractivity contribution in [3.8, 4) is 0 Å². The van der Waals surface area contributed by atoms with Gasteiger partial charge in [-0.1, -0.05) is 175 Å². The molecule has 0 spiro atoms. The molecule has 0 bridgehead atoms. The van der Waals surface area contributed by atoms with Crippen LogP contribution >= 0.6 is 0 Å². The van der Waals surface area contributed by atoms with E-state index in [1.54, 1.807) is 15.6 Å². The van der Waals surface area contributed by atoms with Crippen LogP contribution in [-0.2, 0) is 0 Å². The Balaban J connectivity index is 2.31. The molecule has 0 nitrogen and oxygen atoms in total. The summed E-state index contributed by atoms with van der Waals surface area (Å²) in [5.74, 6) is 2.84. The fourth-order valence-electron chi connectivity index (χ4n) is 7.08. The van der Waals surface area contributed by atoms with Crippen LogP contribution in [0.2, 0.25) is 5.54 Å². The van der Waals surface area contributed by atoms with Gasteiger partial charge in [-0.3, -0.25) is 0 Å². The monoisotopic (exact) mass is 618 g/mol. The molecule has 45 heavy (non-hydrogen) atoms. The van der Waals surface area contributed by atoms with Crippen molar-refractivity contribution in [3.63, 3.8) is 0 Å². The van der Waals surface area contributed by atoms with Crippen molar-refractivity contribution in [1.82, 2.24) is 0 Å². The molecule has 1 unspecified atom stereocenters. The Morgan fingerprint density at radius 3 is 1.00 bits per heavy atom. The number of hydrogen-bond acceptors (Lipinski definition) is 0. The van der Waals surface area contributed by atoms with Gasteiger partial charge < -0.3 is 0 Å². The van der Waals surface area contributed by atoms with Crippen LogP contribution in [0.25, 0.3) is 0 Å². The van der Waals surface area contributed by atoms with Crippen molar-refractivity contribution < 1.29 is 0 Å². The van der Waals surface area contributed by atoms with Crippen LogP contribution < -0.4 is 15.6 Å². The number of allylic oxidation sites excluding steroid dienone is 4. The van der Waals surface area contributed by atoms with Crippen molar-refractivity contribution in [2.24, 2.45) is 0 Å². The predicted octanol–water partition coefficient (Wildman–Crippen LogP) is 11.6. The van der Waals surface area contributed by atoms with E-state index in [-0.39, 0.29) is 0 Å². The molecule has 1 aliphatic carbocycles. The second kappa shape index (κ2) is 14.4. The molecule has 1 aliphatic rings. The molecule has 0 fully saturated rings. The molecule has 4 rings (SSSR count). The van der Waals surface area contributed by atoms with Crippen molar-refractivity contribution >= 4 is 23.6 Å².